The zero-order valence-corrected chi connectivity index (χ0v) is 21.4. The standard InChI is InChI=1S/C24H34N6O4S/c1-16-12-20(34-3)14-19-6-10-30(35(32,33)23(16)19)11-7-22(31)26-21-13-17(2)24(28-27-21)29-8-4-18(15-25)5-9-29/h12-14,18H,4-11,15,25H2,1-3H3,(H,26,27,31). The molecule has 11 heteroatoms. The quantitative estimate of drug-likeness (QED) is 0.587. The third-order valence-electron chi connectivity index (χ3n) is 6.85. The lowest BCUT2D eigenvalue weighted by Crippen LogP contribution is -2.39. The average Bonchev–Trinajstić information content (AvgIpc) is 2.83. The number of sulfonamides is 1. The van der Waals surface area contributed by atoms with Crippen LogP contribution in [0.15, 0.2) is 23.1 Å². The molecule has 2 aliphatic heterocycles. The molecular formula is C24H34N6O4S. The van der Waals surface area contributed by atoms with E-state index >= 15 is 0 Å². The minimum atomic E-state index is -3.68. The molecule has 0 bridgehead atoms. The van der Waals surface area contributed by atoms with Crippen molar-refractivity contribution in [3.8, 4) is 5.75 Å². The zero-order valence-electron chi connectivity index (χ0n) is 20.6. The van der Waals surface area contributed by atoms with Crippen molar-refractivity contribution >= 4 is 27.6 Å². The second-order valence-electron chi connectivity index (χ2n) is 9.29. The van der Waals surface area contributed by atoms with Crippen molar-refractivity contribution in [2.45, 2.75) is 44.4 Å². The summed E-state index contributed by atoms with van der Waals surface area (Å²) in [4.78, 5) is 15.1. The molecule has 0 unspecified atom stereocenters. The molecule has 3 heterocycles. The van der Waals surface area contributed by atoms with Crippen LogP contribution in [0.2, 0.25) is 0 Å². The van der Waals surface area contributed by atoms with Gasteiger partial charge in [-0.25, -0.2) is 8.42 Å². The van der Waals surface area contributed by atoms with E-state index in [-0.39, 0.29) is 18.9 Å². The number of ether oxygens (including phenoxy) is 1. The van der Waals surface area contributed by atoms with Crippen LogP contribution in [0.4, 0.5) is 11.6 Å². The van der Waals surface area contributed by atoms with Gasteiger partial charge >= 0.3 is 0 Å². The van der Waals surface area contributed by atoms with Gasteiger partial charge in [0.05, 0.1) is 12.0 Å². The first-order valence-electron chi connectivity index (χ1n) is 12.0. The fourth-order valence-electron chi connectivity index (χ4n) is 4.87. The number of aromatic nitrogens is 2. The van der Waals surface area contributed by atoms with E-state index in [2.05, 4.69) is 20.4 Å². The number of piperidine rings is 1. The van der Waals surface area contributed by atoms with Crippen molar-refractivity contribution in [3.63, 3.8) is 0 Å². The van der Waals surface area contributed by atoms with E-state index in [1.54, 1.807) is 32.2 Å². The summed E-state index contributed by atoms with van der Waals surface area (Å²) in [5.41, 5.74) is 8.11. The number of methoxy groups -OCH3 is 1. The van der Waals surface area contributed by atoms with Gasteiger partial charge in [-0.05, 0) is 80.5 Å². The van der Waals surface area contributed by atoms with Crippen LogP contribution in [0.5, 0.6) is 5.75 Å². The Balaban J connectivity index is 1.36. The predicted octanol–water partition coefficient (Wildman–Crippen LogP) is 1.85. The first-order chi connectivity index (χ1) is 16.7. The Morgan fingerprint density at radius 2 is 1.89 bits per heavy atom. The summed E-state index contributed by atoms with van der Waals surface area (Å²) >= 11 is 0. The van der Waals surface area contributed by atoms with Crippen LogP contribution in [0.3, 0.4) is 0 Å². The van der Waals surface area contributed by atoms with Gasteiger partial charge in [0.1, 0.15) is 5.75 Å². The fraction of sp³-hybridized carbons (Fsp3) is 0.542. The molecule has 3 N–H and O–H groups in total. The van der Waals surface area contributed by atoms with Crippen molar-refractivity contribution in [3.05, 3.63) is 34.9 Å². The van der Waals surface area contributed by atoms with Gasteiger partial charge in [-0.3, -0.25) is 4.79 Å². The fourth-order valence-corrected chi connectivity index (χ4v) is 6.75. The van der Waals surface area contributed by atoms with Crippen LogP contribution < -0.4 is 20.7 Å². The molecule has 0 spiro atoms. The van der Waals surface area contributed by atoms with Crippen LogP contribution in [0.1, 0.15) is 36.0 Å². The highest BCUT2D eigenvalue weighted by molar-refractivity contribution is 7.89. The maximum absolute atomic E-state index is 13.2. The molecule has 1 aromatic heterocycles. The van der Waals surface area contributed by atoms with Gasteiger partial charge in [0.2, 0.25) is 15.9 Å². The van der Waals surface area contributed by atoms with E-state index in [9.17, 15) is 13.2 Å². The molecule has 0 aliphatic carbocycles. The van der Waals surface area contributed by atoms with E-state index in [1.165, 1.54) is 4.31 Å². The van der Waals surface area contributed by atoms with Gasteiger partial charge in [0, 0.05) is 32.6 Å². The summed E-state index contributed by atoms with van der Waals surface area (Å²) in [5.74, 6) is 2.09. The Morgan fingerprint density at radius 3 is 2.54 bits per heavy atom. The molecule has 1 amide bonds. The lowest BCUT2D eigenvalue weighted by molar-refractivity contribution is -0.116. The number of amides is 1. The SMILES string of the molecule is COc1cc(C)c2c(c1)CCN(CCC(=O)Nc1cc(C)c(N3CCC(CN)CC3)nn1)S2(=O)=O. The number of carbonyl (C=O) groups is 1. The maximum atomic E-state index is 13.2. The normalized spacial score (nSPS) is 18.2. The number of nitrogens with two attached hydrogens (primary N) is 1. The lowest BCUT2D eigenvalue weighted by Gasteiger charge is -2.32. The number of benzene rings is 1. The largest absolute Gasteiger partial charge is 0.497 e. The smallest absolute Gasteiger partial charge is 0.243 e. The number of carbonyl (C=O) groups excluding carboxylic acids is 1. The second-order valence-corrected chi connectivity index (χ2v) is 11.2. The Hall–Kier alpha value is -2.76. The predicted molar refractivity (Wildman–Crippen MR) is 134 cm³/mol. The Kier molecular flexibility index (Phi) is 7.58. The number of anilines is 2. The number of hydrogen-bond donors (Lipinski definition) is 2. The zero-order chi connectivity index (χ0) is 25.2. The molecule has 2 aromatic rings. The molecule has 1 fully saturated rings. The van der Waals surface area contributed by atoms with Crippen molar-refractivity contribution in [2.75, 3.05) is 50.1 Å². The van der Waals surface area contributed by atoms with Gasteiger partial charge < -0.3 is 20.7 Å². The molecule has 190 valence electrons. The van der Waals surface area contributed by atoms with Gasteiger partial charge in [-0.2, -0.15) is 4.31 Å². The lowest BCUT2D eigenvalue weighted by atomic mass is 9.97. The Morgan fingerprint density at radius 1 is 1.14 bits per heavy atom. The maximum Gasteiger partial charge on any atom is 0.243 e. The number of fused-ring (bicyclic) bond motifs is 1. The molecular weight excluding hydrogens is 468 g/mol. The molecule has 0 atom stereocenters. The van der Waals surface area contributed by atoms with Crippen LogP contribution in [-0.2, 0) is 21.2 Å². The third-order valence-corrected chi connectivity index (χ3v) is 9.00. The van der Waals surface area contributed by atoms with Crippen molar-refractivity contribution < 1.29 is 17.9 Å². The highest BCUT2D eigenvalue weighted by Gasteiger charge is 2.33. The highest BCUT2D eigenvalue weighted by Crippen LogP contribution is 2.33. The number of nitrogens with zero attached hydrogens (tertiary/aromatic N) is 4. The first kappa shape index (κ1) is 25.3. The van der Waals surface area contributed by atoms with Gasteiger partial charge in [-0.1, -0.05) is 0 Å². The summed E-state index contributed by atoms with van der Waals surface area (Å²) < 4.78 is 33.0. The monoisotopic (exact) mass is 502 g/mol. The number of hydrogen-bond acceptors (Lipinski definition) is 8. The van der Waals surface area contributed by atoms with E-state index in [4.69, 9.17) is 10.5 Å². The first-order valence-corrected chi connectivity index (χ1v) is 13.4. The summed E-state index contributed by atoms with van der Waals surface area (Å²) in [5, 5.41) is 11.3. The summed E-state index contributed by atoms with van der Waals surface area (Å²) in [6.07, 6.45) is 2.67. The number of rotatable bonds is 7. The molecule has 10 nitrogen and oxygen atoms in total. The van der Waals surface area contributed by atoms with Gasteiger partial charge in [-0.15, -0.1) is 10.2 Å². The molecule has 35 heavy (non-hydrogen) atoms. The number of nitrogens with one attached hydrogen (secondary N) is 1. The molecule has 0 saturated carbocycles. The van der Waals surface area contributed by atoms with Gasteiger partial charge in [0.15, 0.2) is 11.6 Å². The third kappa shape index (κ3) is 5.41. The highest BCUT2D eigenvalue weighted by atomic mass is 32.2. The average molecular weight is 503 g/mol. The molecule has 1 saturated heterocycles. The van der Waals surface area contributed by atoms with Crippen LogP contribution in [-0.4, -0.2) is 68.7 Å². The minimum absolute atomic E-state index is 0.0266. The van der Waals surface area contributed by atoms with Crippen molar-refractivity contribution in [1.29, 1.82) is 0 Å². The van der Waals surface area contributed by atoms with Crippen molar-refractivity contribution in [2.24, 2.45) is 11.7 Å². The molecule has 4 rings (SSSR count). The second kappa shape index (κ2) is 10.5. The Labute approximate surface area is 206 Å². The van der Waals surface area contributed by atoms with E-state index in [0.29, 0.717) is 47.5 Å². The molecule has 2 aliphatic rings. The number of aryl methyl sites for hydroxylation is 2. The summed E-state index contributed by atoms with van der Waals surface area (Å²) in [6, 6.07) is 5.30. The van der Waals surface area contributed by atoms with E-state index in [1.807, 2.05) is 6.92 Å². The molecule has 1 aromatic carbocycles. The topological polar surface area (TPSA) is 131 Å². The van der Waals surface area contributed by atoms with Crippen LogP contribution >= 0.6 is 0 Å². The molecule has 0 radical (unpaired) electrons. The van der Waals surface area contributed by atoms with E-state index in [0.717, 1.165) is 42.9 Å². The van der Waals surface area contributed by atoms with Gasteiger partial charge in [0.25, 0.3) is 0 Å². The van der Waals surface area contributed by atoms with Crippen molar-refractivity contribution in [1.82, 2.24) is 14.5 Å². The minimum Gasteiger partial charge on any atom is -0.497 e. The van der Waals surface area contributed by atoms with Crippen LogP contribution in [0.25, 0.3) is 0 Å². The summed E-state index contributed by atoms with van der Waals surface area (Å²) in [7, 11) is -2.12. The van der Waals surface area contributed by atoms with Crippen LogP contribution in [0, 0.1) is 19.8 Å². The summed E-state index contributed by atoms with van der Waals surface area (Å²) in [6.45, 7) is 6.63. The van der Waals surface area contributed by atoms with E-state index < -0.39 is 10.0 Å². The Bertz CT molecular complexity index is 1190.